The first-order valence-corrected chi connectivity index (χ1v) is 11.0. The maximum absolute atomic E-state index is 11.9. The molecule has 3 aliphatic carbocycles. The number of carbonyl (C=O) groups is 1. The number of carbonyl (C=O) groups excluding carboxylic acids is 1. The minimum atomic E-state index is -0.0438. The van der Waals surface area contributed by atoms with Crippen LogP contribution < -0.4 is 0 Å². The van der Waals surface area contributed by atoms with Crippen LogP contribution in [-0.4, -0.2) is 17.2 Å². The first kappa shape index (κ1) is 18.8. The number of aryl methyl sites for hydroxylation is 2. The van der Waals surface area contributed by atoms with Gasteiger partial charge in [0.2, 0.25) is 0 Å². The molecule has 148 valence electrons. The fourth-order valence-electron chi connectivity index (χ4n) is 6.51. The second kappa shape index (κ2) is 7.14. The molecule has 1 aromatic carbocycles. The van der Waals surface area contributed by atoms with Crippen molar-refractivity contribution in [1.29, 1.82) is 0 Å². The first-order chi connectivity index (χ1) is 13.0. The fraction of sp³-hybridized carbons (Fsp3) is 0.708. The molecule has 1 N–H and O–H groups in total. The van der Waals surface area contributed by atoms with E-state index in [2.05, 4.69) is 19.9 Å². The van der Waals surface area contributed by atoms with Crippen molar-refractivity contribution in [2.75, 3.05) is 0 Å². The van der Waals surface area contributed by atoms with Crippen LogP contribution in [0.2, 0.25) is 0 Å². The summed E-state index contributed by atoms with van der Waals surface area (Å²) in [5.41, 5.74) is 4.13. The van der Waals surface area contributed by atoms with Gasteiger partial charge in [-0.2, -0.15) is 0 Å². The molecule has 1 unspecified atom stereocenters. The number of aromatic hydroxyl groups is 1. The Morgan fingerprint density at radius 2 is 2.04 bits per heavy atom. The highest BCUT2D eigenvalue weighted by molar-refractivity contribution is 5.69. The standard InChI is InChI=1S/C24H34O3/c1-4-6-16-13-19-15(14-21(16)25)7-8-18-17(19)11-12-24(3)20(18)9-10-22(24)27-23(26)5-2/h13-14,17-18,20,22,25H,4-12H2,1-3H3/t17-,18+,20-,22?,24-/m0/s1. The van der Waals surface area contributed by atoms with E-state index in [-0.39, 0.29) is 17.5 Å². The average molecular weight is 371 g/mol. The molecule has 0 aliphatic heterocycles. The molecule has 2 fully saturated rings. The number of benzene rings is 1. The van der Waals surface area contributed by atoms with Crippen molar-refractivity contribution in [3.63, 3.8) is 0 Å². The largest absolute Gasteiger partial charge is 0.508 e. The molecule has 1 aromatic rings. The number of hydrogen-bond acceptors (Lipinski definition) is 3. The number of esters is 1. The molecule has 0 spiro atoms. The van der Waals surface area contributed by atoms with Crippen LogP contribution in [0.3, 0.4) is 0 Å². The van der Waals surface area contributed by atoms with E-state index in [4.69, 9.17) is 4.74 Å². The Morgan fingerprint density at radius 1 is 1.22 bits per heavy atom. The Kier molecular flexibility index (Phi) is 4.98. The van der Waals surface area contributed by atoms with Crippen LogP contribution in [0, 0.1) is 17.3 Å². The van der Waals surface area contributed by atoms with Gasteiger partial charge < -0.3 is 9.84 Å². The predicted octanol–water partition coefficient (Wildman–Crippen LogP) is 5.52. The van der Waals surface area contributed by atoms with Gasteiger partial charge in [0.15, 0.2) is 0 Å². The topological polar surface area (TPSA) is 46.5 Å². The van der Waals surface area contributed by atoms with Gasteiger partial charge in [-0.05, 0) is 85.5 Å². The molecular weight excluding hydrogens is 336 g/mol. The van der Waals surface area contributed by atoms with Crippen LogP contribution in [0.5, 0.6) is 5.75 Å². The third-order valence-corrected chi connectivity index (χ3v) is 7.92. The summed E-state index contributed by atoms with van der Waals surface area (Å²) < 4.78 is 5.88. The Hall–Kier alpha value is -1.51. The normalized spacial score (nSPS) is 34.5. The van der Waals surface area contributed by atoms with Crippen molar-refractivity contribution in [3.05, 3.63) is 28.8 Å². The average Bonchev–Trinajstić information content (AvgIpc) is 2.98. The van der Waals surface area contributed by atoms with Crippen molar-refractivity contribution >= 4 is 5.97 Å². The summed E-state index contributed by atoms with van der Waals surface area (Å²) in [6.45, 7) is 6.43. The van der Waals surface area contributed by atoms with E-state index >= 15 is 0 Å². The zero-order valence-electron chi connectivity index (χ0n) is 17.1. The number of rotatable bonds is 4. The minimum absolute atomic E-state index is 0.0438. The van der Waals surface area contributed by atoms with Gasteiger partial charge in [-0.25, -0.2) is 0 Å². The smallest absolute Gasteiger partial charge is 0.305 e. The molecule has 0 amide bonds. The molecular formula is C24H34O3. The number of ether oxygens (including phenoxy) is 1. The van der Waals surface area contributed by atoms with E-state index in [9.17, 15) is 9.90 Å². The second-order valence-electron chi connectivity index (χ2n) is 9.30. The van der Waals surface area contributed by atoms with Crippen molar-refractivity contribution < 1.29 is 14.6 Å². The quantitative estimate of drug-likeness (QED) is 0.710. The highest BCUT2D eigenvalue weighted by Crippen LogP contribution is 2.61. The van der Waals surface area contributed by atoms with Gasteiger partial charge in [-0.15, -0.1) is 0 Å². The number of phenols is 1. The van der Waals surface area contributed by atoms with Crippen LogP contribution in [0.1, 0.15) is 88.3 Å². The monoisotopic (exact) mass is 370 g/mol. The van der Waals surface area contributed by atoms with Crippen LogP contribution in [0.15, 0.2) is 12.1 Å². The predicted molar refractivity (Wildman–Crippen MR) is 107 cm³/mol. The van der Waals surface area contributed by atoms with Crippen molar-refractivity contribution in [3.8, 4) is 5.75 Å². The summed E-state index contributed by atoms with van der Waals surface area (Å²) in [5, 5.41) is 10.4. The second-order valence-corrected chi connectivity index (χ2v) is 9.30. The van der Waals surface area contributed by atoms with Gasteiger partial charge in [0.25, 0.3) is 0 Å². The Bertz CT molecular complexity index is 725. The number of hydrogen-bond donors (Lipinski definition) is 1. The van der Waals surface area contributed by atoms with E-state index in [1.54, 1.807) is 0 Å². The van der Waals surface area contributed by atoms with Crippen LogP contribution in [-0.2, 0) is 22.4 Å². The maximum Gasteiger partial charge on any atom is 0.305 e. The zero-order chi connectivity index (χ0) is 19.2. The molecule has 0 radical (unpaired) electrons. The molecule has 5 atom stereocenters. The molecule has 2 saturated carbocycles. The van der Waals surface area contributed by atoms with E-state index < -0.39 is 0 Å². The lowest BCUT2D eigenvalue weighted by Crippen LogP contribution is -2.45. The third kappa shape index (κ3) is 3.07. The van der Waals surface area contributed by atoms with Gasteiger partial charge >= 0.3 is 5.97 Å². The van der Waals surface area contributed by atoms with Crippen molar-refractivity contribution in [2.24, 2.45) is 17.3 Å². The SMILES string of the molecule is CCCc1cc2c(cc1O)CC[C@@H]1[C@@H]2CC[C@]2(C)C(OC(=O)CC)CC[C@@H]12. The Morgan fingerprint density at radius 3 is 2.78 bits per heavy atom. The summed E-state index contributed by atoms with van der Waals surface area (Å²) in [7, 11) is 0. The maximum atomic E-state index is 11.9. The summed E-state index contributed by atoms with van der Waals surface area (Å²) in [4.78, 5) is 11.9. The van der Waals surface area contributed by atoms with E-state index in [0.717, 1.165) is 37.7 Å². The molecule has 3 aliphatic rings. The summed E-state index contributed by atoms with van der Waals surface area (Å²) in [6.07, 6.45) is 9.41. The molecule has 0 bridgehead atoms. The van der Waals surface area contributed by atoms with E-state index in [0.29, 0.717) is 29.9 Å². The fourth-order valence-corrected chi connectivity index (χ4v) is 6.51. The van der Waals surface area contributed by atoms with Gasteiger partial charge in [0, 0.05) is 11.8 Å². The van der Waals surface area contributed by atoms with Crippen LogP contribution in [0.25, 0.3) is 0 Å². The Balaban J connectivity index is 1.61. The van der Waals surface area contributed by atoms with Gasteiger partial charge in [-0.3, -0.25) is 4.79 Å². The molecule has 0 heterocycles. The number of fused-ring (bicyclic) bond motifs is 5. The highest BCUT2D eigenvalue weighted by atomic mass is 16.5. The zero-order valence-corrected chi connectivity index (χ0v) is 17.1. The van der Waals surface area contributed by atoms with Gasteiger partial charge in [-0.1, -0.05) is 33.3 Å². The van der Waals surface area contributed by atoms with Crippen molar-refractivity contribution in [2.45, 2.75) is 90.6 Å². The van der Waals surface area contributed by atoms with Gasteiger partial charge in [0.1, 0.15) is 11.9 Å². The highest BCUT2D eigenvalue weighted by Gasteiger charge is 2.56. The summed E-state index contributed by atoms with van der Waals surface area (Å²) >= 11 is 0. The molecule has 4 rings (SSSR count). The van der Waals surface area contributed by atoms with E-state index in [1.807, 2.05) is 13.0 Å². The summed E-state index contributed by atoms with van der Waals surface area (Å²) in [6, 6.07) is 4.36. The summed E-state index contributed by atoms with van der Waals surface area (Å²) in [5.74, 6) is 2.41. The first-order valence-electron chi connectivity index (χ1n) is 11.0. The third-order valence-electron chi connectivity index (χ3n) is 7.92. The van der Waals surface area contributed by atoms with E-state index in [1.165, 1.54) is 30.4 Å². The van der Waals surface area contributed by atoms with Crippen molar-refractivity contribution in [1.82, 2.24) is 0 Å². The number of phenolic OH excluding ortho intramolecular Hbond substituents is 1. The lowest BCUT2D eigenvalue weighted by atomic mass is 9.55. The molecule has 0 saturated heterocycles. The Labute approximate surface area is 163 Å². The van der Waals surface area contributed by atoms with Crippen LogP contribution in [0.4, 0.5) is 0 Å². The molecule has 27 heavy (non-hydrogen) atoms. The lowest BCUT2D eigenvalue weighted by Gasteiger charge is -2.50. The minimum Gasteiger partial charge on any atom is -0.508 e. The van der Waals surface area contributed by atoms with Gasteiger partial charge in [0.05, 0.1) is 0 Å². The molecule has 3 heteroatoms. The molecule has 0 aromatic heterocycles. The lowest BCUT2D eigenvalue weighted by molar-refractivity contribution is -0.157. The molecule has 3 nitrogen and oxygen atoms in total. The van der Waals surface area contributed by atoms with Crippen LogP contribution >= 0.6 is 0 Å².